The van der Waals surface area contributed by atoms with E-state index < -0.39 is 17.6 Å². The van der Waals surface area contributed by atoms with E-state index in [1.165, 1.54) is 12.3 Å². The van der Waals surface area contributed by atoms with Crippen LogP contribution < -0.4 is 5.32 Å². The van der Waals surface area contributed by atoms with Gasteiger partial charge in [0.1, 0.15) is 5.82 Å². The maximum absolute atomic E-state index is 14.1. The number of benzene rings is 2. The van der Waals surface area contributed by atoms with Crippen LogP contribution in [0.4, 0.5) is 13.2 Å². The summed E-state index contributed by atoms with van der Waals surface area (Å²) in [6.45, 7) is 5.92. The fourth-order valence-electron chi connectivity index (χ4n) is 4.39. The first-order valence-electron chi connectivity index (χ1n) is 12.3. The Hall–Kier alpha value is -4.47. The van der Waals surface area contributed by atoms with Crippen molar-refractivity contribution in [3.05, 3.63) is 89.4 Å². The summed E-state index contributed by atoms with van der Waals surface area (Å²) in [5, 5.41) is 6.76. The van der Waals surface area contributed by atoms with Gasteiger partial charge in [0.15, 0.2) is 5.65 Å². The van der Waals surface area contributed by atoms with Crippen LogP contribution in [0.3, 0.4) is 0 Å². The lowest BCUT2D eigenvalue weighted by Crippen LogP contribution is -2.24. The maximum Gasteiger partial charge on any atom is 0.416 e. The number of hydrogen-bond acceptors (Lipinski definition) is 4. The fourth-order valence-corrected chi connectivity index (χ4v) is 4.39. The largest absolute Gasteiger partial charge is 0.416 e. The Balaban J connectivity index is 1.43. The molecule has 3 aromatic heterocycles. The van der Waals surface area contributed by atoms with Crippen molar-refractivity contribution in [1.82, 2.24) is 30.0 Å². The van der Waals surface area contributed by atoms with Gasteiger partial charge in [-0.3, -0.25) is 9.48 Å². The summed E-state index contributed by atoms with van der Waals surface area (Å²) in [7, 11) is 1.78. The van der Waals surface area contributed by atoms with E-state index in [1.54, 1.807) is 48.4 Å². The smallest absolute Gasteiger partial charge is 0.348 e. The molecule has 5 rings (SSSR count). The summed E-state index contributed by atoms with van der Waals surface area (Å²) in [4.78, 5) is 24.6. The molecule has 0 spiro atoms. The highest BCUT2D eigenvalue weighted by Gasteiger charge is 2.34. The second-order valence-electron chi connectivity index (χ2n) is 10.4. The molecule has 0 saturated heterocycles. The molecule has 0 aliphatic heterocycles. The average Bonchev–Trinajstić information content (AvgIpc) is 3.52. The highest BCUT2D eigenvalue weighted by molar-refractivity contribution is 5.94. The SMILES string of the molecule is Cn1cc(-c2nc3nccc(-c4ccc(CNC(=O)c5ccc(C(C)(C)C)cc5)c(C(F)(F)F)c4)c3[nH]2)cn1. The molecule has 1 amide bonds. The molecule has 39 heavy (non-hydrogen) atoms. The Bertz CT molecular complexity index is 1660. The molecule has 0 saturated carbocycles. The molecule has 5 aromatic rings. The number of carbonyl (C=O) groups is 1. The third kappa shape index (κ3) is 5.41. The van der Waals surface area contributed by atoms with Crippen molar-refractivity contribution >= 4 is 17.1 Å². The predicted octanol–water partition coefficient (Wildman–Crippen LogP) is 6.27. The zero-order chi connectivity index (χ0) is 27.9. The van der Waals surface area contributed by atoms with Gasteiger partial charge >= 0.3 is 6.18 Å². The number of nitrogens with zero attached hydrogens (tertiary/aromatic N) is 4. The molecule has 0 fully saturated rings. The van der Waals surface area contributed by atoms with Crippen LogP contribution in [0, 0.1) is 0 Å². The second-order valence-corrected chi connectivity index (χ2v) is 10.4. The number of fused-ring (bicyclic) bond motifs is 1. The van der Waals surface area contributed by atoms with E-state index in [4.69, 9.17) is 0 Å². The molecule has 0 radical (unpaired) electrons. The van der Waals surface area contributed by atoms with E-state index in [0.717, 1.165) is 17.2 Å². The molecular formula is C29H27F3N6O. The van der Waals surface area contributed by atoms with Crippen LogP contribution in [0.15, 0.2) is 67.1 Å². The van der Waals surface area contributed by atoms with Crippen molar-refractivity contribution < 1.29 is 18.0 Å². The molecule has 2 N–H and O–H groups in total. The highest BCUT2D eigenvalue weighted by atomic mass is 19.4. The lowest BCUT2D eigenvalue weighted by molar-refractivity contribution is -0.138. The van der Waals surface area contributed by atoms with E-state index in [9.17, 15) is 18.0 Å². The summed E-state index contributed by atoms with van der Waals surface area (Å²) in [5.74, 6) is 0.0767. The van der Waals surface area contributed by atoms with Gasteiger partial charge in [-0.2, -0.15) is 18.3 Å². The summed E-state index contributed by atoms with van der Waals surface area (Å²) < 4.78 is 44.0. The molecule has 0 aliphatic rings. The van der Waals surface area contributed by atoms with Crippen LogP contribution in [-0.2, 0) is 25.2 Å². The van der Waals surface area contributed by atoms with E-state index >= 15 is 0 Å². The van der Waals surface area contributed by atoms with Crippen molar-refractivity contribution in [1.29, 1.82) is 0 Å². The quantitative estimate of drug-likeness (QED) is 0.279. The number of aromatic nitrogens is 5. The van der Waals surface area contributed by atoms with Crippen LogP contribution in [0.1, 0.15) is 47.8 Å². The molecule has 0 bridgehead atoms. The molecule has 7 nitrogen and oxygen atoms in total. The Morgan fingerprint density at radius 1 is 1.03 bits per heavy atom. The van der Waals surface area contributed by atoms with Crippen LogP contribution in [0.25, 0.3) is 33.7 Å². The number of nitrogens with one attached hydrogen (secondary N) is 2. The van der Waals surface area contributed by atoms with Crippen LogP contribution in [-0.4, -0.2) is 30.6 Å². The minimum absolute atomic E-state index is 0.0307. The monoisotopic (exact) mass is 532 g/mol. The van der Waals surface area contributed by atoms with Crippen LogP contribution in [0.5, 0.6) is 0 Å². The number of alkyl halides is 3. The van der Waals surface area contributed by atoms with Gasteiger partial charge in [-0.15, -0.1) is 0 Å². The first-order chi connectivity index (χ1) is 18.4. The van der Waals surface area contributed by atoms with E-state index in [2.05, 4.69) is 46.1 Å². The number of amides is 1. The van der Waals surface area contributed by atoms with Gasteiger partial charge in [-0.05, 0) is 46.4 Å². The van der Waals surface area contributed by atoms with Crippen LogP contribution >= 0.6 is 0 Å². The van der Waals surface area contributed by atoms with E-state index in [-0.39, 0.29) is 17.5 Å². The summed E-state index contributed by atoms with van der Waals surface area (Å²) in [6, 6.07) is 12.8. The summed E-state index contributed by atoms with van der Waals surface area (Å²) in [6.07, 6.45) is 0.311. The Kier molecular flexibility index (Phi) is 6.49. The fraction of sp³-hybridized carbons (Fsp3) is 0.241. The number of H-pyrrole nitrogens is 1. The van der Waals surface area contributed by atoms with Crippen LogP contribution in [0.2, 0.25) is 0 Å². The molecule has 2 aromatic carbocycles. The van der Waals surface area contributed by atoms with Gasteiger partial charge in [0.05, 0.1) is 22.8 Å². The van der Waals surface area contributed by atoms with Gasteiger partial charge in [-0.1, -0.05) is 45.0 Å². The number of rotatable bonds is 5. The Morgan fingerprint density at radius 2 is 1.77 bits per heavy atom. The minimum atomic E-state index is -4.62. The van der Waals surface area contributed by atoms with Crippen molar-refractivity contribution in [2.75, 3.05) is 0 Å². The van der Waals surface area contributed by atoms with Gasteiger partial charge < -0.3 is 10.3 Å². The minimum Gasteiger partial charge on any atom is -0.348 e. The Labute approximate surface area is 223 Å². The van der Waals surface area contributed by atoms with Gasteiger partial charge in [0, 0.05) is 37.1 Å². The number of halogens is 3. The summed E-state index contributed by atoms with van der Waals surface area (Å²) in [5.41, 5.74) is 3.04. The zero-order valence-corrected chi connectivity index (χ0v) is 21.9. The van der Waals surface area contributed by atoms with Crippen molar-refractivity contribution in [2.45, 2.75) is 38.9 Å². The molecule has 10 heteroatoms. The predicted molar refractivity (Wildman–Crippen MR) is 143 cm³/mol. The standard InChI is InChI=1S/C29H27F3N6O/c1-28(2,3)21-9-7-17(8-10-21)27(39)34-14-19-6-5-18(13-23(19)29(30,31)32)22-11-12-33-26-24(22)36-25(37-26)20-15-35-38(4)16-20/h5-13,15-16H,14H2,1-4H3,(H,34,39)(H,33,36,37). The molecule has 0 aliphatic carbocycles. The number of imidazole rings is 1. The number of aromatic amines is 1. The number of hydrogen-bond donors (Lipinski definition) is 2. The number of carbonyl (C=O) groups excluding carboxylic acids is 1. The molecule has 0 atom stereocenters. The topological polar surface area (TPSA) is 88.5 Å². The molecule has 0 unspecified atom stereocenters. The number of aryl methyl sites for hydroxylation is 1. The first-order valence-corrected chi connectivity index (χ1v) is 12.3. The average molecular weight is 533 g/mol. The van der Waals surface area contributed by atoms with Gasteiger partial charge in [0.2, 0.25) is 0 Å². The second kappa shape index (κ2) is 9.68. The van der Waals surface area contributed by atoms with Crippen molar-refractivity contribution in [3.8, 4) is 22.5 Å². The Morgan fingerprint density at radius 3 is 2.41 bits per heavy atom. The van der Waals surface area contributed by atoms with E-state index in [0.29, 0.717) is 33.7 Å². The van der Waals surface area contributed by atoms with Crippen molar-refractivity contribution in [2.24, 2.45) is 7.05 Å². The molecule has 3 heterocycles. The summed E-state index contributed by atoms with van der Waals surface area (Å²) >= 11 is 0. The normalized spacial score (nSPS) is 12.2. The first kappa shape index (κ1) is 26.1. The third-order valence-electron chi connectivity index (χ3n) is 6.55. The van der Waals surface area contributed by atoms with Gasteiger partial charge in [-0.25, -0.2) is 9.97 Å². The number of pyridine rings is 1. The molecular weight excluding hydrogens is 505 g/mol. The highest BCUT2D eigenvalue weighted by Crippen LogP contribution is 2.37. The lowest BCUT2D eigenvalue weighted by Gasteiger charge is -2.19. The van der Waals surface area contributed by atoms with Gasteiger partial charge in [0.25, 0.3) is 5.91 Å². The van der Waals surface area contributed by atoms with E-state index in [1.807, 2.05) is 12.1 Å². The maximum atomic E-state index is 14.1. The molecule has 200 valence electrons. The lowest BCUT2D eigenvalue weighted by atomic mass is 9.87. The van der Waals surface area contributed by atoms with Crippen molar-refractivity contribution in [3.63, 3.8) is 0 Å². The zero-order valence-electron chi connectivity index (χ0n) is 21.9. The third-order valence-corrected chi connectivity index (χ3v) is 6.55.